The van der Waals surface area contributed by atoms with Crippen molar-refractivity contribution in [3.8, 4) is 17.1 Å². The van der Waals surface area contributed by atoms with Gasteiger partial charge in [0.1, 0.15) is 17.1 Å². The zero-order chi connectivity index (χ0) is 16.5. The third-order valence-corrected chi connectivity index (χ3v) is 4.69. The number of ether oxygens (including phenoxy) is 1. The number of nitrogens with one attached hydrogen (secondary N) is 1. The number of piperidine rings is 1. The summed E-state index contributed by atoms with van der Waals surface area (Å²) >= 11 is 0. The van der Waals surface area contributed by atoms with E-state index in [4.69, 9.17) is 14.7 Å². The quantitative estimate of drug-likeness (QED) is 0.803. The van der Waals surface area contributed by atoms with Crippen molar-refractivity contribution in [1.82, 2.24) is 19.9 Å². The van der Waals surface area contributed by atoms with Crippen LogP contribution in [0.15, 0.2) is 36.5 Å². The molecule has 0 spiro atoms. The second-order valence-electron chi connectivity index (χ2n) is 6.34. The Bertz CT molecular complexity index is 865. The number of fused-ring (bicyclic) bond motifs is 1. The first kappa shape index (κ1) is 15.1. The lowest BCUT2D eigenvalue weighted by Gasteiger charge is -2.26. The van der Waals surface area contributed by atoms with Gasteiger partial charge >= 0.3 is 0 Å². The minimum absolute atomic E-state index is 0.409. The molecule has 1 aliphatic rings. The molecule has 1 fully saturated rings. The van der Waals surface area contributed by atoms with Gasteiger partial charge in [0.15, 0.2) is 5.65 Å². The Balaban J connectivity index is 1.96. The molecular weight excluding hydrogens is 300 g/mol. The zero-order valence-electron chi connectivity index (χ0n) is 14.1. The van der Waals surface area contributed by atoms with Gasteiger partial charge in [0.2, 0.25) is 0 Å². The predicted octanol–water partition coefficient (Wildman–Crippen LogP) is 3.34. The highest BCUT2D eigenvalue weighted by Gasteiger charge is 2.24. The maximum absolute atomic E-state index is 5.58. The van der Waals surface area contributed by atoms with Gasteiger partial charge < -0.3 is 14.6 Å². The predicted molar refractivity (Wildman–Crippen MR) is 95.4 cm³/mol. The summed E-state index contributed by atoms with van der Waals surface area (Å²) in [6.07, 6.45) is 4.10. The summed E-state index contributed by atoms with van der Waals surface area (Å²) < 4.78 is 7.89. The summed E-state index contributed by atoms with van der Waals surface area (Å²) in [5.41, 5.74) is 4.07. The van der Waals surface area contributed by atoms with Crippen molar-refractivity contribution in [3.63, 3.8) is 0 Å². The van der Waals surface area contributed by atoms with E-state index in [2.05, 4.69) is 28.9 Å². The Hall–Kier alpha value is -2.40. The van der Waals surface area contributed by atoms with E-state index in [1.54, 1.807) is 7.11 Å². The highest BCUT2D eigenvalue weighted by Crippen LogP contribution is 2.35. The van der Waals surface area contributed by atoms with Gasteiger partial charge in [0, 0.05) is 12.2 Å². The smallest absolute Gasteiger partial charge is 0.160 e. The number of nitrogens with zero attached hydrogens (tertiary/aromatic N) is 3. The number of hydrogen-bond acceptors (Lipinski definition) is 4. The van der Waals surface area contributed by atoms with Gasteiger partial charge in [-0.05, 0) is 56.6 Å². The highest BCUT2D eigenvalue weighted by molar-refractivity contribution is 5.79. The zero-order valence-corrected chi connectivity index (χ0v) is 14.1. The number of aromatic nitrogens is 3. The molecule has 0 radical (unpaired) electrons. The van der Waals surface area contributed by atoms with Crippen molar-refractivity contribution < 1.29 is 4.74 Å². The minimum Gasteiger partial charge on any atom is -0.496 e. The molecule has 3 aromatic rings. The summed E-state index contributed by atoms with van der Waals surface area (Å²) in [5, 5.41) is 3.44. The van der Waals surface area contributed by atoms with E-state index in [9.17, 15) is 0 Å². The lowest BCUT2D eigenvalue weighted by molar-refractivity contribution is 0.375. The fourth-order valence-corrected chi connectivity index (χ4v) is 3.51. The third kappa shape index (κ3) is 2.55. The molecule has 4 rings (SSSR count). The van der Waals surface area contributed by atoms with Gasteiger partial charge in [-0.1, -0.05) is 12.1 Å². The Morgan fingerprint density at radius 1 is 1.21 bits per heavy atom. The molecule has 0 aliphatic carbocycles. The van der Waals surface area contributed by atoms with E-state index in [0.29, 0.717) is 6.04 Å². The van der Waals surface area contributed by atoms with Crippen LogP contribution in [-0.4, -0.2) is 34.7 Å². The Morgan fingerprint density at radius 2 is 2.00 bits per heavy atom. The molecule has 0 amide bonds. The average Bonchev–Trinajstić information content (AvgIpc) is 3.00. The van der Waals surface area contributed by atoms with Crippen LogP contribution >= 0.6 is 0 Å². The molecule has 2 aromatic heterocycles. The van der Waals surface area contributed by atoms with E-state index in [1.165, 1.54) is 0 Å². The van der Waals surface area contributed by atoms with Crippen LogP contribution < -0.4 is 10.1 Å². The van der Waals surface area contributed by atoms with Gasteiger partial charge in [-0.15, -0.1) is 0 Å². The normalized spacial score (nSPS) is 15.8. The third-order valence-electron chi connectivity index (χ3n) is 4.69. The molecule has 24 heavy (non-hydrogen) atoms. The number of pyridine rings is 1. The van der Waals surface area contributed by atoms with E-state index >= 15 is 0 Å². The van der Waals surface area contributed by atoms with Crippen molar-refractivity contribution in [2.45, 2.75) is 25.8 Å². The Morgan fingerprint density at radius 3 is 2.79 bits per heavy atom. The summed E-state index contributed by atoms with van der Waals surface area (Å²) in [4.78, 5) is 9.62. The standard InChI is InChI=1S/C19H22N4O/c1-13-11-16-19(21-12-13)23(14-7-9-20-10-8-14)18(22-16)15-5-3-4-6-17(15)24-2/h3-6,11-12,14,20H,7-10H2,1-2H3. The van der Waals surface area contributed by atoms with Crippen molar-refractivity contribution in [3.05, 3.63) is 42.1 Å². The second-order valence-corrected chi connectivity index (χ2v) is 6.34. The number of imidazole rings is 1. The first-order chi connectivity index (χ1) is 11.8. The van der Waals surface area contributed by atoms with Gasteiger partial charge in [-0.2, -0.15) is 0 Å². The van der Waals surface area contributed by atoms with E-state index in [1.807, 2.05) is 24.4 Å². The molecular formula is C19H22N4O. The number of hydrogen-bond donors (Lipinski definition) is 1. The molecule has 3 heterocycles. The summed E-state index contributed by atoms with van der Waals surface area (Å²) in [5.74, 6) is 1.80. The first-order valence-electron chi connectivity index (χ1n) is 8.46. The van der Waals surface area contributed by atoms with Crippen LogP contribution in [-0.2, 0) is 0 Å². The fourth-order valence-electron chi connectivity index (χ4n) is 3.51. The van der Waals surface area contributed by atoms with Crippen molar-refractivity contribution >= 4 is 11.2 Å². The monoisotopic (exact) mass is 322 g/mol. The molecule has 0 atom stereocenters. The maximum atomic E-state index is 5.58. The molecule has 1 aromatic carbocycles. The number of aryl methyl sites for hydroxylation is 1. The van der Waals surface area contributed by atoms with Crippen molar-refractivity contribution in [1.29, 1.82) is 0 Å². The molecule has 124 valence electrons. The van der Waals surface area contributed by atoms with Crippen LogP contribution in [0.2, 0.25) is 0 Å². The molecule has 0 bridgehead atoms. The largest absolute Gasteiger partial charge is 0.496 e. The number of methoxy groups -OCH3 is 1. The molecule has 1 aliphatic heterocycles. The van der Waals surface area contributed by atoms with Gasteiger partial charge in [0.05, 0.1) is 12.7 Å². The second kappa shape index (κ2) is 6.24. The minimum atomic E-state index is 0.409. The molecule has 5 heteroatoms. The number of para-hydroxylation sites is 1. The molecule has 5 nitrogen and oxygen atoms in total. The topological polar surface area (TPSA) is 52.0 Å². The van der Waals surface area contributed by atoms with Crippen LogP contribution in [0, 0.1) is 6.92 Å². The average molecular weight is 322 g/mol. The van der Waals surface area contributed by atoms with Crippen molar-refractivity contribution in [2.75, 3.05) is 20.2 Å². The van der Waals surface area contributed by atoms with Crippen LogP contribution in [0.5, 0.6) is 5.75 Å². The van der Waals surface area contributed by atoms with E-state index in [-0.39, 0.29) is 0 Å². The SMILES string of the molecule is COc1ccccc1-c1nc2cc(C)cnc2n1C1CCNCC1. The maximum Gasteiger partial charge on any atom is 0.160 e. The molecule has 0 unspecified atom stereocenters. The molecule has 1 N–H and O–H groups in total. The van der Waals surface area contributed by atoms with Gasteiger partial charge in [-0.25, -0.2) is 9.97 Å². The van der Waals surface area contributed by atoms with E-state index < -0.39 is 0 Å². The first-order valence-corrected chi connectivity index (χ1v) is 8.46. The highest BCUT2D eigenvalue weighted by atomic mass is 16.5. The van der Waals surface area contributed by atoms with Crippen LogP contribution in [0.1, 0.15) is 24.4 Å². The summed E-state index contributed by atoms with van der Waals surface area (Å²) in [6.45, 7) is 4.11. The number of benzene rings is 1. The lowest BCUT2D eigenvalue weighted by Crippen LogP contribution is -2.29. The molecule has 0 saturated carbocycles. The Labute approximate surface area is 141 Å². The summed E-state index contributed by atoms with van der Waals surface area (Å²) in [7, 11) is 1.71. The lowest BCUT2D eigenvalue weighted by atomic mass is 10.1. The van der Waals surface area contributed by atoms with Crippen LogP contribution in [0.3, 0.4) is 0 Å². The van der Waals surface area contributed by atoms with Crippen LogP contribution in [0.25, 0.3) is 22.6 Å². The van der Waals surface area contributed by atoms with E-state index in [0.717, 1.165) is 59.8 Å². The number of rotatable bonds is 3. The van der Waals surface area contributed by atoms with Crippen molar-refractivity contribution in [2.24, 2.45) is 0 Å². The Kier molecular flexibility index (Phi) is 3.94. The van der Waals surface area contributed by atoms with Crippen LogP contribution in [0.4, 0.5) is 0 Å². The molecule has 1 saturated heterocycles. The van der Waals surface area contributed by atoms with Gasteiger partial charge in [0.25, 0.3) is 0 Å². The fraction of sp³-hybridized carbons (Fsp3) is 0.368. The summed E-state index contributed by atoms with van der Waals surface area (Å²) in [6, 6.07) is 10.6. The van der Waals surface area contributed by atoms with Gasteiger partial charge in [-0.3, -0.25) is 0 Å².